The largest absolute Gasteiger partial charge is 0.573 e. The Morgan fingerprint density at radius 1 is 1.10 bits per heavy atom. The Labute approximate surface area is 176 Å². The summed E-state index contributed by atoms with van der Waals surface area (Å²) >= 11 is 3.25. The Morgan fingerprint density at radius 2 is 1.83 bits per heavy atom. The van der Waals surface area contributed by atoms with Crippen molar-refractivity contribution in [2.45, 2.75) is 17.0 Å². The van der Waals surface area contributed by atoms with Gasteiger partial charge in [-0.05, 0) is 48.5 Å². The number of benzene rings is 2. The molecule has 0 radical (unpaired) electrons. The SMILES string of the molecule is O=S(=O)(Cc1coc(-c2cc3cc(OC(F)(F)F)ccc3[nH]2)n1)c1ccc(Br)cc1. The number of nitrogens with zero attached hydrogens (tertiary/aromatic N) is 1. The first kappa shape index (κ1) is 20.5. The number of alkyl halides is 3. The van der Waals surface area contributed by atoms with Gasteiger partial charge in [0.15, 0.2) is 9.84 Å². The first-order valence-electron chi connectivity index (χ1n) is 8.41. The van der Waals surface area contributed by atoms with Crippen LogP contribution in [0.3, 0.4) is 0 Å². The smallest absolute Gasteiger partial charge is 0.443 e. The number of sulfone groups is 1. The van der Waals surface area contributed by atoms with Crippen LogP contribution in [-0.2, 0) is 15.6 Å². The Hall–Kier alpha value is -2.79. The van der Waals surface area contributed by atoms with E-state index in [4.69, 9.17) is 4.42 Å². The molecule has 0 aliphatic rings. The lowest BCUT2D eigenvalue weighted by atomic mass is 10.2. The van der Waals surface area contributed by atoms with Crippen molar-refractivity contribution in [1.82, 2.24) is 9.97 Å². The molecule has 4 aromatic rings. The number of H-pyrrole nitrogens is 1. The molecular formula is C19H12BrF3N2O4S. The van der Waals surface area contributed by atoms with Crippen LogP contribution in [0.4, 0.5) is 13.2 Å². The molecule has 0 unspecified atom stereocenters. The highest BCUT2D eigenvalue weighted by Gasteiger charge is 2.31. The lowest BCUT2D eigenvalue weighted by Gasteiger charge is -2.08. The van der Waals surface area contributed by atoms with Crippen LogP contribution in [0.15, 0.2) is 68.6 Å². The predicted octanol–water partition coefficient (Wildman–Crippen LogP) is 5.46. The number of ether oxygens (including phenoxy) is 1. The number of halogens is 4. The van der Waals surface area contributed by atoms with Gasteiger partial charge in [-0.1, -0.05) is 15.9 Å². The van der Waals surface area contributed by atoms with Crippen molar-refractivity contribution >= 4 is 36.7 Å². The third-order valence-corrected chi connectivity index (χ3v) is 6.31. The number of hydrogen-bond acceptors (Lipinski definition) is 5. The molecule has 0 saturated carbocycles. The van der Waals surface area contributed by atoms with Gasteiger partial charge in [-0.25, -0.2) is 13.4 Å². The molecule has 2 aromatic carbocycles. The number of oxazole rings is 1. The minimum absolute atomic E-state index is 0.116. The molecule has 4 rings (SSSR count). The lowest BCUT2D eigenvalue weighted by molar-refractivity contribution is -0.274. The molecule has 0 aliphatic heterocycles. The maximum absolute atomic E-state index is 12.5. The molecule has 11 heteroatoms. The number of rotatable bonds is 5. The summed E-state index contributed by atoms with van der Waals surface area (Å²) in [7, 11) is -3.62. The summed E-state index contributed by atoms with van der Waals surface area (Å²) in [6, 6.07) is 11.6. The topological polar surface area (TPSA) is 85.2 Å². The third-order valence-electron chi connectivity index (χ3n) is 4.12. The van der Waals surface area contributed by atoms with E-state index in [1.165, 1.54) is 42.7 Å². The quantitative estimate of drug-likeness (QED) is 0.393. The fourth-order valence-corrected chi connectivity index (χ4v) is 4.34. The molecule has 0 atom stereocenters. The summed E-state index contributed by atoms with van der Waals surface area (Å²) in [5.74, 6) is -0.596. The standard InChI is InChI=1S/C19H12BrF3N2O4S/c20-12-1-4-15(5-2-12)30(26,27)10-13-9-28-18(24-13)17-8-11-7-14(29-19(21,22)23)3-6-16(11)25-17/h1-9,25H,10H2. The second-order valence-electron chi connectivity index (χ2n) is 6.34. The highest BCUT2D eigenvalue weighted by Crippen LogP contribution is 2.30. The fraction of sp³-hybridized carbons (Fsp3) is 0.105. The molecule has 0 amide bonds. The molecule has 0 spiro atoms. The first-order valence-corrected chi connectivity index (χ1v) is 10.9. The molecule has 156 valence electrons. The van der Waals surface area contributed by atoms with Crippen LogP contribution in [0.25, 0.3) is 22.5 Å². The number of fused-ring (bicyclic) bond motifs is 1. The van der Waals surface area contributed by atoms with Crippen LogP contribution < -0.4 is 4.74 Å². The van der Waals surface area contributed by atoms with Crippen molar-refractivity contribution in [2.24, 2.45) is 0 Å². The van der Waals surface area contributed by atoms with Gasteiger partial charge in [0.05, 0.1) is 10.6 Å². The van der Waals surface area contributed by atoms with Crippen LogP contribution in [0.5, 0.6) is 5.75 Å². The average Bonchev–Trinajstić information content (AvgIpc) is 3.26. The average molecular weight is 501 g/mol. The minimum atomic E-state index is -4.79. The van der Waals surface area contributed by atoms with Crippen molar-refractivity contribution in [1.29, 1.82) is 0 Å². The van der Waals surface area contributed by atoms with Gasteiger partial charge in [0, 0.05) is 15.4 Å². The zero-order chi connectivity index (χ0) is 21.5. The summed E-state index contributed by atoms with van der Waals surface area (Å²) in [5.41, 5.74) is 1.14. The van der Waals surface area contributed by atoms with E-state index in [1.54, 1.807) is 12.1 Å². The number of aromatic nitrogens is 2. The number of hydrogen-bond donors (Lipinski definition) is 1. The summed E-state index contributed by atoms with van der Waals surface area (Å²) in [6.07, 6.45) is -3.56. The van der Waals surface area contributed by atoms with E-state index < -0.39 is 16.2 Å². The van der Waals surface area contributed by atoms with Crippen LogP contribution >= 0.6 is 15.9 Å². The lowest BCUT2D eigenvalue weighted by Crippen LogP contribution is -2.16. The predicted molar refractivity (Wildman–Crippen MR) is 106 cm³/mol. The second kappa shape index (κ2) is 7.47. The van der Waals surface area contributed by atoms with Crippen molar-refractivity contribution in [2.75, 3.05) is 0 Å². The molecule has 2 heterocycles. The Kier molecular flexibility index (Phi) is 5.10. The Morgan fingerprint density at radius 3 is 2.53 bits per heavy atom. The maximum atomic E-state index is 12.5. The van der Waals surface area contributed by atoms with Gasteiger partial charge in [0.2, 0.25) is 5.89 Å². The number of nitrogens with one attached hydrogen (secondary N) is 1. The van der Waals surface area contributed by atoms with E-state index in [2.05, 4.69) is 30.6 Å². The Balaban J connectivity index is 1.57. The molecule has 6 nitrogen and oxygen atoms in total. The van der Waals surface area contributed by atoms with Crippen molar-refractivity contribution in [3.63, 3.8) is 0 Å². The van der Waals surface area contributed by atoms with Crippen molar-refractivity contribution < 1.29 is 30.7 Å². The van der Waals surface area contributed by atoms with E-state index in [-0.39, 0.29) is 28.0 Å². The maximum Gasteiger partial charge on any atom is 0.573 e. The van der Waals surface area contributed by atoms with Crippen molar-refractivity contribution in [3.05, 3.63) is 65.0 Å². The van der Waals surface area contributed by atoms with Crippen LogP contribution in [0.2, 0.25) is 0 Å². The first-order chi connectivity index (χ1) is 14.1. The van der Waals surface area contributed by atoms with E-state index in [9.17, 15) is 21.6 Å². The molecule has 30 heavy (non-hydrogen) atoms. The normalized spacial score (nSPS) is 12.4. The molecule has 0 saturated heterocycles. The van der Waals surface area contributed by atoms with Gasteiger partial charge in [-0.2, -0.15) is 0 Å². The fourth-order valence-electron chi connectivity index (χ4n) is 2.84. The van der Waals surface area contributed by atoms with Crippen molar-refractivity contribution in [3.8, 4) is 17.3 Å². The van der Waals surface area contributed by atoms with Gasteiger partial charge >= 0.3 is 6.36 Å². The van der Waals surface area contributed by atoms with Gasteiger partial charge in [0.1, 0.15) is 23.5 Å². The van der Waals surface area contributed by atoms with Crippen LogP contribution in [-0.4, -0.2) is 24.7 Å². The zero-order valence-corrected chi connectivity index (χ0v) is 17.3. The Bertz CT molecular complexity index is 1310. The van der Waals surface area contributed by atoms with Crippen LogP contribution in [0.1, 0.15) is 5.69 Å². The van der Waals surface area contributed by atoms with Gasteiger partial charge in [-0.15, -0.1) is 13.2 Å². The van der Waals surface area contributed by atoms with E-state index in [0.717, 1.165) is 4.47 Å². The highest BCUT2D eigenvalue weighted by atomic mass is 79.9. The second-order valence-corrected chi connectivity index (χ2v) is 9.24. The monoisotopic (exact) mass is 500 g/mol. The highest BCUT2D eigenvalue weighted by molar-refractivity contribution is 9.10. The van der Waals surface area contributed by atoms with Crippen LogP contribution in [0, 0.1) is 0 Å². The summed E-state index contributed by atoms with van der Waals surface area (Å²) < 4.78 is 72.3. The van der Waals surface area contributed by atoms with E-state index >= 15 is 0 Å². The molecule has 0 fully saturated rings. The number of aromatic amines is 1. The third kappa shape index (κ3) is 4.51. The minimum Gasteiger partial charge on any atom is -0.443 e. The zero-order valence-electron chi connectivity index (χ0n) is 14.9. The van der Waals surface area contributed by atoms with E-state index in [1.807, 2.05) is 0 Å². The summed E-state index contributed by atoms with van der Waals surface area (Å²) in [5, 5.41) is 0.453. The van der Waals surface area contributed by atoms with Gasteiger partial charge < -0.3 is 14.1 Å². The van der Waals surface area contributed by atoms with E-state index in [0.29, 0.717) is 16.6 Å². The molecular weight excluding hydrogens is 489 g/mol. The molecule has 2 aromatic heterocycles. The molecule has 0 bridgehead atoms. The molecule has 0 aliphatic carbocycles. The van der Waals surface area contributed by atoms with Gasteiger partial charge in [-0.3, -0.25) is 0 Å². The summed E-state index contributed by atoms with van der Waals surface area (Å²) in [6.45, 7) is 0. The molecule has 1 N–H and O–H groups in total. The summed E-state index contributed by atoms with van der Waals surface area (Å²) in [4.78, 5) is 7.31. The van der Waals surface area contributed by atoms with Gasteiger partial charge in [0.25, 0.3) is 0 Å².